The van der Waals surface area contributed by atoms with Crippen LogP contribution in [0.4, 0.5) is 0 Å². The highest BCUT2D eigenvalue weighted by Gasteiger charge is 2.40. The van der Waals surface area contributed by atoms with E-state index in [-0.39, 0.29) is 6.04 Å². The molecular weight excluding hydrogens is 615 g/mol. The Bertz CT molecular complexity index is 2920. The van der Waals surface area contributed by atoms with Gasteiger partial charge in [0.2, 0.25) is 5.69 Å². The molecule has 0 bridgehead atoms. The van der Waals surface area contributed by atoms with Gasteiger partial charge in [0.05, 0.1) is 28.7 Å². The maximum Gasteiger partial charge on any atom is 0.213 e. The molecule has 0 spiro atoms. The molecule has 3 nitrogen and oxygen atoms in total. The third-order valence-corrected chi connectivity index (χ3v) is 12.5. The first-order chi connectivity index (χ1) is 24.2. The van der Waals surface area contributed by atoms with Crippen molar-refractivity contribution < 1.29 is 4.57 Å². The molecule has 9 aromatic rings. The molecule has 11 rings (SSSR count). The molecule has 4 aromatic heterocycles. The lowest BCUT2D eigenvalue weighted by Gasteiger charge is -2.31. The zero-order valence-electron chi connectivity index (χ0n) is 27.0. The average molecular weight is 647 g/mol. The number of hydrogen-bond acceptors (Lipinski definition) is 2. The van der Waals surface area contributed by atoms with Gasteiger partial charge in [0.15, 0.2) is 12.2 Å². The first-order valence-electron chi connectivity index (χ1n) is 17.2. The van der Waals surface area contributed by atoms with E-state index in [1.807, 2.05) is 17.4 Å². The Morgan fingerprint density at radius 1 is 0.776 bits per heavy atom. The van der Waals surface area contributed by atoms with Gasteiger partial charge in [-0.3, -0.25) is 4.99 Å². The van der Waals surface area contributed by atoms with Crippen molar-refractivity contribution in [3.8, 4) is 11.3 Å². The lowest BCUT2D eigenvalue weighted by atomic mass is 9.77. The molecule has 6 heterocycles. The predicted molar refractivity (Wildman–Crippen MR) is 207 cm³/mol. The van der Waals surface area contributed by atoms with Crippen molar-refractivity contribution in [1.82, 2.24) is 4.40 Å². The molecule has 0 saturated heterocycles. The molecule has 0 radical (unpaired) electrons. The minimum atomic E-state index is 0.241. The van der Waals surface area contributed by atoms with Crippen LogP contribution in [0.2, 0.25) is 0 Å². The second kappa shape index (κ2) is 9.97. The summed E-state index contributed by atoms with van der Waals surface area (Å²) >= 11 is 1.92. The third kappa shape index (κ3) is 3.67. The van der Waals surface area contributed by atoms with Crippen LogP contribution in [0.3, 0.4) is 0 Å². The quantitative estimate of drug-likeness (QED) is 0.158. The normalized spacial score (nSPS) is 18.9. The molecule has 0 amide bonds. The number of aromatic nitrogens is 2. The maximum atomic E-state index is 5.22. The highest BCUT2D eigenvalue weighted by molar-refractivity contribution is 7.26. The van der Waals surface area contributed by atoms with Crippen LogP contribution in [0.15, 0.2) is 145 Å². The summed E-state index contributed by atoms with van der Waals surface area (Å²) < 4.78 is 7.73. The van der Waals surface area contributed by atoms with Crippen molar-refractivity contribution in [2.24, 2.45) is 4.99 Å². The van der Waals surface area contributed by atoms with Crippen LogP contribution < -0.4 is 4.57 Å². The Hall–Kier alpha value is -5.58. The maximum absolute atomic E-state index is 5.22. The summed E-state index contributed by atoms with van der Waals surface area (Å²) in [5.74, 6) is 0.340. The summed E-state index contributed by atoms with van der Waals surface area (Å²) in [5, 5.41) is 7.93. The van der Waals surface area contributed by atoms with Crippen molar-refractivity contribution in [2.45, 2.75) is 31.2 Å². The summed E-state index contributed by atoms with van der Waals surface area (Å²) in [7, 11) is 0. The van der Waals surface area contributed by atoms with Crippen molar-refractivity contribution in [2.75, 3.05) is 0 Å². The summed E-state index contributed by atoms with van der Waals surface area (Å²) in [5.41, 5.74) is 12.2. The van der Waals surface area contributed by atoms with Crippen molar-refractivity contribution >= 4 is 75.3 Å². The number of aryl methyl sites for hydroxylation is 1. The van der Waals surface area contributed by atoms with E-state index in [1.165, 1.54) is 86.2 Å². The van der Waals surface area contributed by atoms with Crippen LogP contribution in [0.5, 0.6) is 0 Å². The molecule has 232 valence electrons. The Morgan fingerprint density at radius 2 is 1.61 bits per heavy atom. The largest absolute Gasteiger partial charge is 0.308 e. The molecule has 2 aliphatic heterocycles. The van der Waals surface area contributed by atoms with E-state index in [1.54, 1.807) is 0 Å². The summed E-state index contributed by atoms with van der Waals surface area (Å²) in [6, 6.07) is 41.0. The number of para-hydroxylation sites is 1. The molecule has 2 unspecified atom stereocenters. The average Bonchev–Trinajstić information content (AvgIpc) is 3.80. The van der Waals surface area contributed by atoms with E-state index in [0.29, 0.717) is 5.92 Å². The van der Waals surface area contributed by atoms with E-state index in [2.05, 4.69) is 138 Å². The molecule has 0 saturated carbocycles. The Balaban J connectivity index is 1.17. The zero-order valence-corrected chi connectivity index (χ0v) is 27.8. The van der Waals surface area contributed by atoms with E-state index in [0.717, 1.165) is 30.7 Å². The zero-order chi connectivity index (χ0) is 32.4. The molecule has 4 heteroatoms. The molecular formula is C45H32N3S+. The SMILES string of the molecule is C=C/C1=N/C(=C)CC2C(CCc3cc4c(cc31)c1cccc3c5c6sc7ccccc7c6ccc5n4c13)c1ccccc1-c1cccc[n+]12. The number of benzene rings is 5. The van der Waals surface area contributed by atoms with Gasteiger partial charge in [-0.05, 0) is 66.4 Å². The molecule has 2 aliphatic rings. The number of thiophene rings is 1. The Kier molecular flexibility index (Phi) is 5.57. The van der Waals surface area contributed by atoms with Gasteiger partial charge in [-0.1, -0.05) is 73.8 Å². The highest BCUT2D eigenvalue weighted by atomic mass is 32.1. The Labute approximate surface area is 287 Å². The lowest BCUT2D eigenvalue weighted by molar-refractivity contribution is -0.718. The standard InChI is InChI=1S/C45H32N3S/c1-3-37-35-25-36-32-14-10-15-34-43-39(21-20-33-31-13-6-7-17-42(31)49-45(33)43)48(44(32)34)41(36)24-27(35)18-19-30-28-11-4-5-12-29(28)38-16-8-9-22-47(38)40(30)23-26(2)46-37/h3-17,20-22,24-25,30,40H,1-2,18-19,23H2/q+1/b46-37-. The topological polar surface area (TPSA) is 20.6 Å². The predicted octanol–water partition coefficient (Wildman–Crippen LogP) is 11.3. The molecule has 49 heavy (non-hydrogen) atoms. The monoisotopic (exact) mass is 646 g/mol. The first kappa shape index (κ1) is 27.4. The Morgan fingerprint density at radius 3 is 2.55 bits per heavy atom. The molecule has 2 atom stereocenters. The second-order valence-corrected chi connectivity index (χ2v) is 14.8. The third-order valence-electron chi connectivity index (χ3n) is 11.3. The van der Waals surface area contributed by atoms with Crippen LogP contribution in [0, 0.1) is 0 Å². The van der Waals surface area contributed by atoms with Gasteiger partial charge in [-0.25, -0.2) is 0 Å². The molecule has 0 fully saturated rings. The smallest absolute Gasteiger partial charge is 0.213 e. The van der Waals surface area contributed by atoms with Gasteiger partial charge < -0.3 is 4.40 Å². The lowest BCUT2D eigenvalue weighted by Crippen LogP contribution is -2.47. The van der Waals surface area contributed by atoms with Crippen LogP contribution in [-0.2, 0) is 6.42 Å². The fourth-order valence-electron chi connectivity index (χ4n) is 9.28. The van der Waals surface area contributed by atoms with E-state index in [9.17, 15) is 0 Å². The summed E-state index contributed by atoms with van der Waals surface area (Å²) in [6.07, 6.45) is 6.94. The molecule has 0 aliphatic carbocycles. The number of pyridine rings is 1. The molecule has 5 aromatic carbocycles. The molecule has 0 N–H and O–H groups in total. The number of aliphatic imine (C=N–C) groups is 1. The fourth-order valence-corrected chi connectivity index (χ4v) is 10.5. The van der Waals surface area contributed by atoms with Gasteiger partial charge in [-0.15, -0.1) is 11.3 Å². The summed E-state index contributed by atoms with van der Waals surface area (Å²) in [4.78, 5) is 5.22. The van der Waals surface area contributed by atoms with Crippen molar-refractivity contribution in [1.29, 1.82) is 0 Å². The number of allylic oxidation sites excluding steroid dienone is 2. The fraction of sp³-hybridized carbons (Fsp3) is 0.111. The van der Waals surface area contributed by atoms with Crippen LogP contribution in [0.1, 0.15) is 41.5 Å². The van der Waals surface area contributed by atoms with E-state index < -0.39 is 0 Å². The number of hydrogen-bond donors (Lipinski definition) is 0. The van der Waals surface area contributed by atoms with E-state index >= 15 is 0 Å². The van der Waals surface area contributed by atoms with Crippen molar-refractivity contribution in [3.63, 3.8) is 0 Å². The second-order valence-electron chi connectivity index (χ2n) is 13.8. The van der Waals surface area contributed by atoms with E-state index in [4.69, 9.17) is 4.99 Å². The van der Waals surface area contributed by atoms with Crippen molar-refractivity contribution in [3.05, 3.63) is 157 Å². The highest BCUT2D eigenvalue weighted by Crippen LogP contribution is 2.47. The van der Waals surface area contributed by atoms with Gasteiger partial charge in [0.1, 0.15) is 0 Å². The van der Waals surface area contributed by atoms with Gasteiger partial charge >= 0.3 is 0 Å². The van der Waals surface area contributed by atoms with Gasteiger partial charge in [-0.2, -0.15) is 4.57 Å². The van der Waals surface area contributed by atoms with Crippen LogP contribution in [0.25, 0.3) is 69.5 Å². The number of fused-ring (bicyclic) bond motifs is 17. The van der Waals surface area contributed by atoms with Gasteiger partial charge in [0.25, 0.3) is 0 Å². The number of rotatable bonds is 1. The summed E-state index contributed by atoms with van der Waals surface area (Å²) in [6.45, 7) is 8.79. The minimum absolute atomic E-state index is 0.241. The number of nitrogens with zero attached hydrogens (tertiary/aromatic N) is 3. The minimum Gasteiger partial charge on any atom is -0.308 e. The van der Waals surface area contributed by atoms with Crippen LogP contribution >= 0.6 is 11.3 Å². The van der Waals surface area contributed by atoms with Crippen LogP contribution in [-0.4, -0.2) is 10.1 Å². The van der Waals surface area contributed by atoms with Gasteiger partial charge in [0, 0.05) is 76.6 Å². The first-order valence-corrected chi connectivity index (χ1v) is 18.0.